The molecule has 31 heavy (non-hydrogen) atoms. The van der Waals surface area contributed by atoms with Gasteiger partial charge in [0.1, 0.15) is 17.4 Å². The van der Waals surface area contributed by atoms with E-state index in [9.17, 15) is 13.6 Å². The smallest absolute Gasteiger partial charge is 0.226 e. The van der Waals surface area contributed by atoms with Crippen molar-refractivity contribution in [3.05, 3.63) is 65.2 Å². The van der Waals surface area contributed by atoms with Crippen LogP contribution in [0.1, 0.15) is 43.2 Å². The number of nitrogens with zero attached hydrogens (tertiary/aromatic N) is 2. The summed E-state index contributed by atoms with van der Waals surface area (Å²) in [5.74, 6) is -0.640. The van der Waals surface area contributed by atoms with Gasteiger partial charge >= 0.3 is 0 Å². The first kappa shape index (κ1) is 21.3. The van der Waals surface area contributed by atoms with Crippen LogP contribution in [0.2, 0.25) is 0 Å². The number of halogens is 2. The largest absolute Gasteiger partial charge is 0.496 e. The first-order valence-corrected chi connectivity index (χ1v) is 10.6. The van der Waals surface area contributed by atoms with Crippen molar-refractivity contribution in [2.24, 2.45) is 11.1 Å². The molecule has 0 bridgehead atoms. The maximum absolute atomic E-state index is 14.3. The molecule has 2 aromatic carbocycles. The first-order valence-electron chi connectivity index (χ1n) is 10.6. The molecule has 5 nitrogen and oxygen atoms in total. The second-order valence-electron chi connectivity index (χ2n) is 8.11. The molecule has 0 spiro atoms. The lowest BCUT2D eigenvalue weighted by Crippen LogP contribution is -2.40. The van der Waals surface area contributed by atoms with Gasteiger partial charge in [-0.25, -0.2) is 8.78 Å². The molecule has 1 unspecified atom stereocenters. The molecular weight excluding hydrogens is 402 g/mol. The maximum atomic E-state index is 14.3. The van der Waals surface area contributed by atoms with Gasteiger partial charge in [0.15, 0.2) is 6.10 Å². The lowest BCUT2D eigenvalue weighted by Gasteiger charge is -2.27. The van der Waals surface area contributed by atoms with Crippen molar-refractivity contribution >= 4 is 11.6 Å². The van der Waals surface area contributed by atoms with Gasteiger partial charge in [0, 0.05) is 36.1 Å². The number of oxime groups is 1. The van der Waals surface area contributed by atoms with Crippen LogP contribution in [0.3, 0.4) is 0 Å². The second kappa shape index (κ2) is 9.45. The van der Waals surface area contributed by atoms with Crippen LogP contribution in [0.5, 0.6) is 5.75 Å². The van der Waals surface area contributed by atoms with E-state index in [4.69, 9.17) is 9.57 Å². The Morgan fingerprint density at radius 2 is 1.97 bits per heavy atom. The fraction of sp³-hybridized carbons (Fsp3) is 0.417. The minimum Gasteiger partial charge on any atom is -0.496 e. The highest BCUT2D eigenvalue weighted by atomic mass is 19.1. The average Bonchev–Trinajstić information content (AvgIpc) is 3.47. The predicted molar refractivity (Wildman–Crippen MR) is 113 cm³/mol. The topological polar surface area (TPSA) is 51.1 Å². The number of carbonyl (C=O) groups excluding carboxylic acids is 1. The van der Waals surface area contributed by atoms with E-state index in [1.807, 2.05) is 24.3 Å². The van der Waals surface area contributed by atoms with Gasteiger partial charge in [0.05, 0.1) is 19.4 Å². The lowest BCUT2D eigenvalue weighted by molar-refractivity contribution is -0.137. The van der Waals surface area contributed by atoms with Gasteiger partial charge in [-0.15, -0.1) is 0 Å². The van der Waals surface area contributed by atoms with Crippen molar-refractivity contribution in [1.82, 2.24) is 4.90 Å². The molecule has 1 fully saturated rings. The van der Waals surface area contributed by atoms with Gasteiger partial charge in [-0.3, -0.25) is 4.79 Å². The molecule has 1 amide bonds. The van der Waals surface area contributed by atoms with Gasteiger partial charge < -0.3 is 14.5 Å². The highest BCUT2D eigenvalue weighted by Gasteiger charge is 2.32. The third kappa shape index (κ3) is 4.86. The molecule has 1 saturated carbocycles. The Hall–Kier alpha value is -2.96. The molecule has 1 heterocycles. The van der Waals surface area contributed by atoms with Crippen LogP contribution in [0.4, 0.5) is 8.78 Å². The molecule has 4 rings (SSSR count). The van der Waals surface area contributed by atoms with Crippen molar-refractivity contribution in [2.45, 2.75) is 44.8 Å². The van der Waals surface area contributed by atoms with Gasteiger partial charge in [0.25, 0.3) is 0 Å². The number of benzene rings is 2. The van der Waals surface area contributed by atoms with E-state index in [0.717, 1.165) is 43.0 Å². The Balaban J connectivity index is 1.49. The summed E-state index contributed by atoms with van der Waals surface area (Å²) in [6, 6.07) is 11.0. The van der Waals surface area contributed by atoms with E-state index < -0.39 is 11.6 Å². The summed E-state index contributed by atoms with van der Waals surface area (Å²) in [5.41, 5.74) is 1.89. The fourth-order valence-electron chi connectivity index (χ4n) is 4.33. The lowest BCUT2D eigenvalue weighted by atomic mass is 10.0. The summed E-state index contributed by atoms with van der Waals surface area (Å²) in [6.07, 6.45) is 3.91. The molecule has 0 N–H and O–H groups in total. The molecular formula is C24H26F2N2O3. The number of amides is 1. The maximum Gasteiger partial charge on any atom is 0.226 e. The number of hydrogen-bond donors (Lipinski definition) is 0. The van der Waals surface area contributed by atoms with Crippen LogP contribution >= 0.6 is 0 Å². The van der Waals surface area contributed by atoms with E-state index in [2.05, 4.69) is 5.16 Å². The Labute approximate surface area is 180 Å². The molecule has 1 atom stereocenters. The number of hydrogen-bond acceptors (Lipinski definition) is 4. The molecule has 1 aliphatic carbocycles. The number of methoxy groups -OCH3 is 1. The van der Waals surface area contributed by atoms with Gasteiger partial charge in [-0.05, 0) is 31.0 Å². The van der Waals surface area contributed by atoms with Crippen LogP contribution in [0.15, 0.2) is 47.6 Å². The van der Waals surface area contributed by atoms with E-state index in [1.54, 1.807) is 12.0 Å². The van der Waals surface area contributed by atoms with Gasteiger partial charge in [0.2, 0.25) is 5.91 Å². The number of para-hydroxylation sites is 1. The van der Waals surface area contributed by atoms with E-state index >= 15 is 0 Å². The highest BCUT2D eigenvalue weighted by Crippen LogP contribution is 2.29. The Bertz CT molecular complexity index is 973. The summed E-state index contributed by atoms with van der Waals surface area (Å²) >= 11 is 0. The van der Waals surface area contributed by atoms with Crippen molar-refractivity contribution < 1.29 is 23.1 Å². The van der Waals surface area contributed by atoms with Crippen LogP contribution < -0.4 is 4.74 Å². The fourth-order valence-corrected chi connectivity index (χ4v) is 4.33. The quantitative estimate of drug-likeness (QED) is 0.643. The molecule has 2 aliphatic rings. The summed E-state index contributed by atoms with van der Waals surface area (Å²) in [5, 5.41) is 4.22. The zero-order valence-corrected chi connectivity index (χ0v) is 17.5. The van der Waals surface area contributed by atoms with Crippen molar-refractivity contribution in [3.63, 3.8) is 0 Å². The average molecular weight is 428 g/mol. The molecule has 7 heteroatoms. The van der Waals surface area contributed by atoms with Crippen molar-refractivity contribution in [1.29, 1.82) is 0 Å². The first-order chi connectivity index (χ1) is 15.0. The molecule has 164 valence electrons. The number of ether oxygens (including phenoxy) is 1. The normalized spacial score (nSPS) is 18.5. The molecule has 0 aromatic heterocycles. The van der Waals surface area contributed by atoms with Crippen molar-refractivity contribution in [3.8, 4) is 5.75 Å². The zero-order chi connectivity index (χ0) is 21.8. The standard InChI is InChI=1S/C24H26F2N2O3/c1-30-23-9-5-4-8-20(23)22-13-19(31-27-22)15-28(24(29)16-6-2-3-7-16)14-17-10-11-18(25)12-21(17)26/h4-5,8-12,16,19H,2-3,6-7,13-15H2,1H3. The number of carbonyl (C=O) groups is 1. The van der Waals surface area contributed by atoms with Crippen molar-refractivity contribution in [2.75, 3.05) is 13.7 Å². The summed E-state index contributed by atoms with van der Waals surface area (Å²) in [6.45, 7) is 0.361. The molecule has 0 saturated heterocycles. The third-order valence-corrected chi connectivity index (χ3v) is 5.97. The molecule has 0 radical (unpaired) electrons. The van der Waals surface area contributed by atoms with Crippen LogP contribution in [-0.2, 0) is 16.2 Å². The van der Waals surface area contributed by atoms with E-state index in [1.165, 1.54) is 12.1 Å². The summed E-state index contributed by atoms with van der Waals surface area (Å²) in [4.78, 5) is 20.5. The highest BCUT2D eigenvalue weighted by molar-refractivity contribution is 6.03. The predicted octanol–water partition coefficient (Wildman–Crippen LogP) is 4.69. The Morgan fingerprint density at radius 3 is 2.71 bits per heavy atom. The van der Waals surface area contributed by atoms with E-state index in [0.29, 0.717) is 12.2 Å². The molecule has 1 aliphatic heterocycles. The minimum absolute atomic E-state index is 0.00410. The van der Waals surface area contributed by atoms with Gasteiger partial charge in [-0.2, -0.15) is 0 Å². The third-order valence-electron chi connectivity index (χ3n) is 5.97. The monoisotopic (exact) mass is 428 g/mol. The zero-order valence-electron chi connectivity index (χ0n) is 17.5. The number of rotatable bonds is 7. The van der Waals surface area contributed by atoms with Crippen LogP contribution in [-0.4, -0.2) is 36.3 Å². The van der Waals surface area contributed by atoms with Gasteiger partial charge in [-0.1, -0.05) is 36.2 Å². The second-order valence-corrected chi connectivity index (χ2v) is 8.11. The summed E-state index contributed by atoms with van der Waals surface area (Å²) in [7, 11) is 1.60. The Morgan fingerprint density at radius 1 is 1.19 bits per heavy atom. The summed E-state index contributed by atoms with van der Waals surface area (Å²) < 4.78 is 33.0. The van der Waals surface area contributed by atoms with E-state index in [-0.39, 0.29) is 36.6 Å². The Kier molecular flexibility index (Phi) is 6.49. The van der Waals surface area contributed by atoms with Crippen LogP contribution in [0, 0.1) is 17.6 Å². The van der Waals surface area contributed by atoms with Crippen LogP contribution in [0.25, 0.3) is 0 Å². The molecule has 2 aromatic rings. The SMILES string of the molecule is COc1ccccc1C1=NOC(CN(Cc2ccc(F)cc2F)C(=O)C2CCCC2)C1. The minimum atomic E-state index is -0.650.